The van der Waals surface area contributed by atoms with E-state index in [-0.39, 0.29) is 0 Å². The van der Waals surface area contributed by atoms with Gasteiger partial charge in [-0.15, -0.1) is 0 Å². The van der Waals surface area contributed by atoms with E-state index in [4.69, 9.17) is 14.5 Å². The molecule has 2 aromatic rings. The number of aryl methyl sites for hydroxylation is 1. The molecule has 0 aliphatic carbocycles. The second kappa shape index (κ2) is 8.70. The van der Waals surface area contributed by atoms with Gasteiger partial charge in [0.15, 0.2) is 0 Å². The summed E-state index contributed by atoms with van der Waals surface area (Å²) in [6.45, 7) is 10.1. The smallest absolute Gasteiger partial charge is 0.212 e. The van der Waals surface area contributed by atoms with Crippen molar-refractivity contribution in [3.8, 4) is 5.88 Å². The fraction of sp³-hybridized carbons (Fsp3) is 0.550. The quantitative estimate of drug-likeness (QED) is 0.765. The molecule has 0 bridgehead atoms. The van der Waals surface area contributed by atoms with Crippen LogP contribution in [0.3, 0.4) is 0 Å². The van der Waals surface area contributed by atoms with Gasteiger partial charge in [0.05, 0.1) is 20.3 Å². The molecule has 8 nitrogen and oxygen atoms in total. The Bertz CT molecular complexity index is 771. The molecule has 0 radical (unpaired) electrons. The average molecular weight is 384 g/mol. The Morgan fingerprint density at radius 3 is 2.25 bits per heavy atom. The topological polar surface area (TPSA) is 66.9 Å². The fourth-order valence-corrected chi connectivity index (χ4v) is 3.67. The molecule has 2 fully saturated rings. The Morgan fingerprint density at radius 1 is 0.964 bits per heavy atom. The molecule has 28 heavy (non-hydrogen) atoms. The lowest BCUT2D eigenvalue weighted by Gasteiger charge is -2.36. The minimum Gasteiger partial charge on any atom is -0.481 e. The van der Waals surface area contributed by atoms with Gasteiger partial charge in [0, 0.05) is 64.1 Å². The zero-order chi connectivity index (χ0) is 19.3. The van der Waals surface area contributed by atoms with Crippen LogP contribution >= 0.6 is 0 Å². The first-order chi connectivity index (χ1) is 13.7. The number of hydrogen-bond acceptors (Lipinski definition) is 8. The monoisotopic (exact) mass is 384 g/mol. The van der Waals surface area contributed by atoms with Crippen LogP contribution in [0.25, 0.3) is 0 Å². The Kier molecular flexibility index (Phi) is 5.87. The van der Waals surface area contributed by atoms with Crippen molar-refractivity contribution in [1.82, 2.24) is 19.9 Å². The third-order valence-corrected chi connectivity index (χ3v) is 5.26. The molecule has 2 aliphatic rings. The number of anilines is 2. The largest absolute Gasteiger partial charge is 0.481 e. The molecule has 0 N–H and O–H groups in total. The maximum absolute atomic E-state index is 5.46. The van der Waals surface area contributed by atoms with Crippen molar-refractivity contribution >= 4 is 11.6 Å². The Balaban J connectivity index is 1.37. The zero-order valence-corrected chi connectivity index (χ0v) is 16.7. The molecule has 2 saturated heterocycles. The van der Waals surface area contributed by atoms with Crippen LogP contribution < -0.4 is 14.5 Å². The van der Waals surface area contributed by atoms with Gasteiger partial charge in [0.1, 0.15) is 17.5 Å². The molecular formula is C20H28N6O2. The van der Waals surface area contributed by atoms with E-state index < -0.39 is 0 Å². The van der Waals surface area contributed by atoms with E-state index in [0.29, 0.717) is 5.88 Å². The second-order valence-corrected chi connectivity index (χ2v) is 7.20. The van der Waals surface area contributed by atoms with Crippen molar-refractivity contribution in [2.24, 2.45) is 0 Å². The maximum atomic E-state index is 5.46. The molecule has 0 saturated carbocycles. The summed E-state index contributed by atoms with van der Waals surface area (Å²) in [7, 11) is 1.64. The number of pyridine rings is 1. The van der Waals surface area contributed by atoms with Gasteiger partial charge >= 0.3 is 0 Å². The molecule has 8 heteroatoms. The molecule has 4 rings (SSSR count). The third-order valence-electron chi connectivity index (χ3n) is 5.26. The molecule has 2 aromatic heterocycles. The normalized spacial score (nSPS) is 18.4. The van der Waals surface area contributed by atoms with Gasteiger partial charge in [-0.1, -0.05) is 6.07 Å². The molecule has 0 spiro atoms. The number of morpholine rings is 1. The second-order valence-electron chi connectivity index (χ2n) is 7.20. The van der Waals surface area contributed by atoms with Gasteiger partial charge in [-0.05, 0) is 12.5 Å². The highest BCUT2D eigenvalue weighted by atomic mass is 16.5. The lowest BCUT2D eigenvalue weighted by molar-refractivity contribution is 0.122. The van der Waals surface area contributed by atoms with Crippen molar-refractivity contribution in [3.05, 3.63) is 35.8 Å². The third kappa shape index (κ3) is 4.51. The van der Waals surface area contributed by atoms with Gasteiger partial charge in [-0.2, -0.15) is 0 Å². The Hall–Kier alpha value is -2.45. The first kappa shape index (κ1) is 18.9. The summed E-state index contributed by atoms with van der Waals surface area (Å²) in [4.78, 5) is 20.7. The van der Waals surface area contributed by atoms with Crippen LogP contribution in [0.15, 0.2) is 24.4 Å². The number of aromatic nitrogens is 3. The SMILES string of the molecule is COc1ccc(CN2CCN(c3cc(N4CCOCC4)nc(C)n3)CC2)cn1. The number of rotatable bonds is 5. The number of piperazine rings is 1. The molecule has 0 aromatic carbocycles. The average Bonchev–Trinajstić information content (AvgIpc) is 2.75. The van der Waals surface area contributed by atoms with Crippen molar-refractivity contribution < 1.29 is 9.47 Å². The van der Waals surface area contributed by atoms with E-state index in [1.807, 2.05) is 19.2 Å². The molecular weight excluding hydrogens is 356 g/mol. The van der Waals surface area contributed by atoms with Crippen LogP contribution in [0.4, 0.5) is 11.6 Å². The first-order valence-electron chi connectivity index (χ1n) is 9.86. The Morgan fingerprint density at radius 2 is 1.64 bits per heavy atom. The van der Waals surface area contributed by atoms with Crippen LogP contribution in [0, 0.1) is 6.92 Å². The minimum atomic E-state index is 0.656. The molecule has 0 amide bonds. The van der Waals surface area contributed by atoms with Crippen LogP contribution in [0.1, 0.15) is 11.4 Å². The van der Waals surface area contributed by atoms with Crippen molar-refractivity contribution in [3.63, 3.8) is 0 Å². The fourth-order valence-electron chi connectivity index (χ4n) is 3.67. The van der Waals surface area contributed by atoms with Gasteiger partial charge in [-0.25, -0.2) is 15.0 Å². The Labute approximate surface area is 166 Å². The van der Waals surface area contributed by atoms with Crippen LogP contribution in [0.5, 0.6) is 5.88 Å². The summed E-state index contributed by atoms with van der Waals surface area (Å²) >= 11 is 0. The van der Waals surface area contributed by atoms with Crippen molar-refractivity contribution in [2.75, 3.05) is 69.4 Å². The first-order valence-corrected chi connectivity index (χ1v) is 9.86. The molecule has 4 heterocycles. The van der Waals surface area contributed by atoms with Crippen LogP contribution in [-0.2, 0) is 11.3 Å². The van der Waals surface area contributed by atoms with E-state index in [2.05, 4.69) is 36.8 Å². The number of methoxy groups -OCH3 is 1. The summed E-state index contributed by atoms with van der Waals surface area (Å²) in [5.74, 6) is 3.52. The highest BCUT2D eigenvalue weighted by molar-refractivity contribution is 5.51. The van der Waals surface area contributed by atoms with Crippen molar-refractivity contribution in [1.29, 1.82) is 0 Å². The van der Waals surface area contributed by atoms with E-state index in [9.17, 15) is 0 Å². The predicted octanol–water partition coefficient (Wildman–Crippen LogP) is 1.35. The molecule has 150 valence electrons. The molecule has 2 aliphatic heterocycles. The lowest BCUT2D eigenvalue weighted by Crippen LogP contribution is -2.46. The van der Waals surface area contributed by atoms with E-state index >= 15 is 0 Å². The standard InChI is InChI=1S/C20H28N6O2/c1-16-22-18(13-19(23-16)26-9-11-28-12-10-26)25-7-5-24(6-8-25)15-17-3-4-20(27-2)21-14-17/h3-4,13-14H,5-12,15H2,1-2H3. The summed E-state index contributed by atoms with van der Waals surface area (Å²) < 4.78 is 10.6. The summed E-state index contributed by atoms with van der Waals surface area (Å²) in [5, 5.41) is 0. The van der Waals surface area contributed by atoms with Gasteiger partial charge in [-0.3, -0.25) is 4.90 Å². The minimum absolute atomic E-state index is 0.656. The number of ether oxygens (including phenoxy) is 2. The zero-order valence-electron chi connectivity index (χ0n) is 16.7. The number of nitrogens with zero attached hydrogens (tertiary/aromatic N) is 6. The molecule has 0 atom stereocenters. The van der Waals surface area contributed by atoms with Crippen molar-refractivity contribution in [2.45, 2.75) is 13.5 Å². The van der Waals surface area contributed by atoms with Crippen LogP contribution in [0.2, 0.25) is 0 Å². The molecule has 0 unspecified atom stereocenters. The summed E-state index contributed by atoms with van der Waals surface area (Å²) in [6.07, 6.45) is 1.90. The van der Waals surface area contributed by atoms with Gasteiger partial charge < -0.3 is 19.3 Å². The number of hydrogen-bond donors (Lipinski definition) is 0. The van der Waals surface area contributed by atoms with E-state index in [1.165, 1.54) is 5.56 Å². The van der Waals surface area contributed by atoms with Gasteiger partial charge in [0.25, 0.3) is 0 Å². The summed E-state index contributed by atoms with van der Waals surface area (Å²) in [5.41, 5.74) is 1.21. The lowest BCUT2D eigenvalue weighted by atomic mass is 10.2. The van der Waals surface area contributed by atoms with E-state index in [1.54, 1.807) is 7.11 Å². The summed E-state index contributed by atoms with van der Waals surface area (Å²) in [6, 6.07) is 6.13. The van der Waals surface area contributed by atoms with Gasteiger partial charge in [0.2, 0.25) is 5.88 Å². The maximum Gasteiger partial charge on any atom is 0.212 e. The van der Waals surface area contributed by atoms with E-state index in [0.717, 1.165) is 76.5 Å². The predicted molar refractivity (Wildman–Crippen MR) is 108 cm³/mol. The highest BCUT2D eigenvalue weighted by Crippen LogP contribution is 2.22. The highest BCUT2D eigenvalue weighted by Gasteiger charge is 2.21. The van der Waals surface area contributed by atoms with Crippen LogP contribution in [-0.4, -0.2) is 79.4 Å².